The summed E-state index contributed by atoms with van der Waals surface area (Å²) in [6.07, 6.45) is 0. The van der Waals surface area contributed by atoms with Gasteiger partial charge in [-0.1, -0.05) is 65.7 Å². The largest absolute Gasteiger partial charge is 0.263 e. The molecule has 0 aliphatic heterocycles. The minimum absolute atomic E-state index is 0.198. The maximum absolute atomic E-state index is 12.9. The Labute approximate surface area is 183 Å². The lowest BCUT2D eigenvalue weighted by Gasteiger charge is -2.14. The fourth-order valence-corrected chi connectivity index (χ4v) is 4.84. The van der Waals surface area contributed by atoms with E-state index in [-0.39, 0.29) is 10.7 Å². The van der Waals surface area contributed by atoms with E-state index in [9.17, 15) is 8.42 Å². The van der Waals surface area contributed by atoms with Gasteiger partial charge in [0.05, 0.1) is 16.3 Å². The van der Waals surface area contributed by atoms with E-state index in [0.29, 0.717) is 0 Å². The average molecular weight is 432 g/mol. The molecule has 0 aliphatic carbocycles. The van der Waals surface area contributed by atoms with Crippen molar-refractivity contribution in [3.8, 4) is 16.9 Å². The maximum atomic E-state index is 12.9. The molecule has 0 unspecified atom stereocenters. The van der Waals surface area contributed by atoms with Gasteiger partial charge in [0.25, 0.3) is 10.0 Å². The predicted molar refractivity (Wildman–Crippen MR) is 125 cm³/mol. The third-order valence-corrected chi connectivity index (χ3v) is 6.57. The van der Waals surface area contributed by atoms with E-state index in [2.05, 4.69) is 28.9 Å². The standard InChI is InChI=1S/C25H25N3O2S/c1-17-10-12-21(13-11-17)23-16-24(27-31(29,30)22-8-6-5-7-9-22)26-28(23)25-19(3)14-18(2)15-20(25)4/h5-16H,1-4H3,(H,26,27). The normalized spacial score (nSPS) is 11.5. The minimum atomic E-state index is -3.74. The molecule has 0 atom stereocenters. The fourth-order valence-electron chi connectivity index (χ4n) is 3.83. The molecule has 158 valence electrons. The molecular formula is C25H25N3O2S. The Kier molecular flexibility index (Phi) is 5.41. The molecule has 1 N–H and O–H groups in total. The van der Waals surface area contributed by atoms with Crippen molar-refractivity contribution in [2.75, 3.05) is 4.72 Å². The highest BCUT2D eigenvalue weighted by Crippen LogP contribution is 2.30. The molecule has 0 saturated heterocycles. The van der Waals surface area contributed by atoms with Crippen LogP contribution in [0.4, 0.5) is 5.82 Å². The van der Waals surface area contributed by atoms with Gasteiger partial charge in [-0.3, -0.25) is 4.72 Å². The van der Waals surface area contributed by atoms with Gasteiger partial charge in [0.15, 0.2) is 5.82 Å². The van der Waals surface area contributed by atoms with Crippen molar-refractivity contribution in [3.63, 3.8) is 0 Å². The van der Waals surface area contributed by atoms with E-state index < -0.39 is 10.0 Å². The van der Waals surface area contributed by atoms with E-state index in [1.165, 1.54) is 5.56 Å². The van der Waals surface area contributed by atoms with Crippen LogP contribution in [0.5, 0.6) is 0 Å². The Balaban J connectivity index is 1.86. The van der Waals surface area contributed by atoms with Crippen molar-refractivity contribution in [2.45, 2.75) is 32.6 Å². The summed E-state index contributed by atoms with van der Waals surface area (Å²) in [7, 11) is -3.74. The highest BCUT2D eigenvalue weighted by Gasteiger charge is 2.20. The summed E-state index contributed by atoms with van der Waals surface area (Å²) in [5.74, 6) is 0.277. The van der Waals surface area contributed by atoms with E-state index in [1.807, 2.05) is 49.7 Å². The summed E-state index contributed by atoms with van der Waals surface area (Å²) in [5, 5.41) is 4.67. The lowest BCUT2D eigenvalue weighted by Crippen LogP contribution is -2.13. The Morgan fingerprint density at radius 3 is 2.00 bits per heavy atom. The molecule has 4 rings (SSSR count). The average Bonchev–Trinajstić information content (AvgIpc) is 3.11. The van der Waals surface area contributed by atoms with Gasteiger partial charge in [0.2, 0.25) is 0 Å². The van der Waals surface area contributed by atoms with Crippen molar-refractivity contribution in [2.24, 2.45) is 0 Å². The quantitative estimate of drug-likeness (QED) is 0.449. The van der Waals surface area contributed by atoms with Gasteiger partial charge in [0, 0.05) is 11.6 Å². The topological polar surface area (TPSA) is 64.0 Å². The summed E-state index contributed by atoms with van der Waals surface area (Å²) >= 11 is 0. The molecule has 0 radical (unpaired) electrons. The Morgan fingerprint density at radius 2 is 1.39 bits per heavy atom. The molecule has 0 aliphatic rings. The van der Waals surface area contributed by atoms with Crippen molar-refractivity contribution < 1.29 is 8.42 Å². The number of aryl methyl sites for hydroxylation is 4. The molecule has 1 aromatic heterocycles. The minimum Gasteiger partial charge on any atom is -0.262 e. The summed E-state index contributed by atoms with van der Waals surface area (Å²) < 4.78 is 30.2. The predicted octanol–water partition coefficient (Wildman–Crippen LogP) is 5.57. The molecule has 0 amide bonds. The number of nitrogens with zero attached hydrogens (tertiary/aromatic N) is 2. The number of benzene rings is 3. The third-order valence-electron chi connectivity index (χ3n) is 5.20. The highest BCUT2D eigenvalue weighted by atomic mass is 32.2. The van der Waals surface area contributed by atoms with Crippen molar-refractivity contribution in [1.29, 1.82) is 0 Å². The van der Waals surface area contributed by atoms with E-state index in [0.717, 1.165) is 33.6 Å². The molecule has 4 aromatic rings. The zero-order chi connectivity index (χ0) is 22.2. The second kappa shape index (κ2) is 8.04. The molecule has 5 nitrogen and oxygen atoms in total. The van der Waals surface area contributed by atoms with Crippen LogP contribution in [0.2, 0.25) is 0 Å². The molecule has 1 heterocycles. The first-order valence-electron chi connectivity index (χ1n) is 10.1. The van der Waals surface area contributed by atoms with Crippen LogP contribution in [-0.4, -0.2) is 18.2 Å². The number of sulfonamides is 1. The van der Waals surface area contributed by atoms with Gasteiger partial charge in [-0.15, -0.1) is 5.10 Å². The van der Waals surface area contributed by atoms with E-state index >= 15 is 0 Å². The van der Waals surface area contributed by atoms with Gasteiger partial charge in [-0.2, -0.15) is 0 Å². The first-order chi connectivity index (χ1) is 14.7. The van der Waals surface area contributed by atoms with Crippen LogP contribution >= 0.6 is 0 Å². The van der Waals surface area contributed by atoms with Crippen LogP contribution in [0.3, 0.4) is 0 Å². The smallest absolute Gasteiger partial charge is 0.262 e. The lowest BCUT2D eigenvalue weighted by atomic mass is 10.0. The number of nitrogens with one attached hydrogen (secondary N) is 1. The summed E-state index contributed by atoms with van der Waals surface area (Å²) in [6.45, 7) is 8.19. The van der Waals surface area contributed by atoms with Crippen molar-refractivity contribution in [3.05, 3.63) is 95.1 Å². The Bertz CT molecular complexity index is 1320. The van der Waals surface area contributed by atoms with Gasteiger partial charge in [-0.25, -0.2) is 13.1 Å². The van der Waals surface area contributed by atoms with Gasteiger partial charge in [0.1, 0.15) is 0 Å². The second-order valence-corrected chi connectivity index (χ2v) is 9.54. The van der Waals surface area contributed by atoms with Crippen LogP contribution in [0.15, 0.2) is 77.7 Å². The zero-order valence-electron chi connectivity index (χ0n) is 18.0. The van der Waals surface area contributed by atoms with Gasteiger partial charge < -0.3 is 0 Å². The SMILES string of the molecule is Cc1ccc(-c2cc(NS(=O)(=O)c3ccccc3)nn2-c2c(C)cc(C)cc2C)cc1. The molecule has 31 heavy (non-hydrogen) atoms. The summed E-state index contributed by atoms with van der Waals surface area (Å²) in [6, 6.07) is 22.4. The number of hydrogen-bond acceptors (Lipinski definition) is 3. The summed E-state index contributed by atoms with van der Waals surface area (Å²) in [4.78, 5) is 0.198. The van der Waals surface area contributed by atoms with Crippen LogP contribution in [0.25, 0.3) is 16.9 Å². The van der Waals surface area contributed by atoms with Crippen LogP contribution in [0, 0.1) is 27.7 Å². The molecule has 0 fully saturated rings. The molecular weight excluding hydrogens is 406 g/mol. The Morgan fingerprint density at radius 1 is 0.774 bits per heavy atom. The summed E-state index contributed by atoms with van der Waals surface area (Å²) in [5.41, 5.74) is 7.21. The van der Waals surface area contributed by atoms with Crippen molar-refractivity contribution >= 4 is 15.8 Å². The van der Waals surface area contributed by atoms with Gasteiger partial charge in [-0.05, 0) is 51.0 Å². The zero-order valence-corrected chi connectivity index (χ0v) is 18.9. The number of aromatic nitrogens is 2. The third kappa shape index (κ3) is 4.25. The molecule has 3 aromatic carbocycles. The van der Waals surface area contributed by atoms with Crippen LogP contribution in [0.1, 0.15) is 22.3 Å². The van der Waals surface area contributed by atoms with Crippen LogP contribution in [-0.2, 0) is 10.0 Å². The van der Waals surface area contributed by atoms with Crippen molar-refractivity contribution in [1.82, 2.24) is 9.78 Å². The molecule has 0 spiro atoms. The van der Waals surface area contributed by atoms with Gasteiger partial charge >= 0.3 is 0 Å². The second-order valence-electron chi connectivity index (χ2n) is 7.86. The number of anilines is 1. The fraction of sp³-hybridized carbons (Fsp3) is 0.160. The highest BCUT2D eigenvalue weighted by molar-refractivity contribution is 7.92. The first-order valence-corrected chi connectivity index (χ1v) is 11.6. The van der Waals surface area contributed by atoms with E-state index in [4.69, 9.17) is 0 Å². The number of hydrogen-bond donors (Lipinski definition) is 1. The lowest BCUT2D eigenvalue weighted by molar-refractivity contribution is 0.601. The number of rotatable bonds is 5. The maximum Gasteiger partial charge on any atom is 0.263 e. The molecule has 0 bridgehead atoms. The van der Waals surface area contributed by atoms with Crippen LogP contribution < -0.4 is 4.72 Å². The van der Waals surface area contributed by atoms with E-state index in [1.54, 1.807) is 36.4 Å². The molecule has 0 saturated carbocycles. The first kappa shape index (κ1) is 20.9. The monoisotopic (exact) mass is 431 g/mol. The molecule has 6 heteroatoms. The Hall–Kier alpha value is -3.38.